The molecule has 0 spiro atoms. The predicted octanol–water partition coefficient (Wildman–Crippen LogP) is 2.21. The van der Waals surface area contributed by atoms with Crippen LogP contribution in [0.5, 0.6) is 0 Å². The van der Waals surface area contributed by atoms with Crippen molar-refractivity contribution in [3.8, 4) is 0 Å². The molecule has 4 heteroatoms. The first kappa shape index (κ1) is 12.3. The maximum Gasteiger partial charge on any atom is 0.156 e. The lowest BCUT2D eigenvalue weighted by Crippen LogP contribution is -2.25. The van der Waals surface area contributed by atoms with Gasteiger partial charge in [0.05, 0.1) is 6.54 Å². The molecule has 92 valence electrons. The quantitative estimate of drug-likeness (QED) is 0.811. The van der Waals surface area contributed by atoms with Crippen LogP contribution in [-0.4, -0.2) is 37.6 Å². The van der Waals surface area contributed by atoms with Crippen LogP contribution in [0.4, 0.5) is 5.69 Å². The molecule has 0 saturated carbocycles. The van der Waals surface area contributed by atoms with Crippen molar-refractivity contribution in [3.63, 3.8) is 0 Å². The highest BCUT2D eigenvalue weighted by Gasteiger charge is 2.05. The second-order valence-electron chi connectivity index (χ2n) is 4.07. The molecular formula is C13H19N3S. The topological polar surface area (TPSA) is 27.6 Å². The van der Waals surface area contributed by atoms with Gasteiger partial charge in [0.1, 0.15) is 0 Å². The first-order chi connectivity index (χ1) is 8.36. The van der Waals surface area contributed by atoms with Crippen LogP contribution in [0.25, 0.3) is 0 Å². The van der Waals surface area contributed by atoms with Crippen molar-refractivity contribution in [3.05, 3.63) is 30.3 Å². The highest BCUT2D eigenvalue weighted by Crippen LogP contribution is 2.11. The number of aliphatic imine (C=N–C) groups is 1. The molecule has 0 amide bonds. The smallest absolute Gasteiger partial charge is 0.156 e. The van der Waals surface area contributed by atoms with E-state index >= 15 is 0 Å². The number of thioether (sulfide) groups is 1. The second-order valence-corrected chi connectivity index (χ2v) is 5.16. The molecule has 1 aliphatic rings. The van der Waals surface area contributed by atoms with Gasteiger partial charge in [-0.25, -0.2) is 0 Å². The molecule has 1 heterocycles. The first-order valence-electron chi connectivity index (χ1n) is 6.03. The fourth-order valence-electron chi connectivity index (χ4n) is 1.77. The van der Waals surface area contributed by atoms with Gasteiger partial charge in [-0.3, -0.25) is 4.99 Å². The normalized spacial score (nSPS) is 14.5. The SMILES string of the molecule is CN(CCCNC1=NCCS1)c1ccccc1. The van der Waals surface area contributed by atoms with Gasteiger partial charge >= 0.3 is 0 Å². The number of nitrogens with zero attached hydrogens (tertiary/aromatic N) is 2. The van der Waals surface area contributed by atoms with Crippen LogP contribution >= 0.6 is 11.8 Å². The van der Waals surface area contributed by atoms with E-state index < -0.39 is 0 Å². The van der Waals surface area contributed by atoms with Crippen molar-refractivity contribution in [1.82, 2.24) is 5.32 Å². The Morgan fingerprint density at radius 3 is 2.88 bits per heavy atom. The van der Waals surface area contributed by atoms with E-state index in [9.17, 15) is 0 Å². The van der Waals surface area contributed by atoms with Crippen LogP contribution in [0.2, 0.25) is 0 Å². The second kappa shape index (κ2) is 6.55. The largest absolute Gasteiger partial charge is 0.375 e. The third-order valence-corrected chi connectivity index (χ3v) is 3.66. The maximum atomic E-state index is 4.37. The minimum absolute atomic E-state index is 0.969. The van der Waals surface area contributed by atoms with Gasteiger partial charge in [0.25, 0.3) is 0 Å². The van der Waals surface area contributed by atoms with Crippen LogP contribution in [0, 0.1) is 0 Å². The number of hydrogen-bond acceptors (Lipinski definition) is 4. The molecule has 1 N–H and O–H groups in total. The zero-order chi connectivity index (χ0) is 11.9. The number of rotatable bonds is 5. The van der Waals surface area contributed by atoms with Gasteiger partial charge in [-0.1, -0.05) is 30.0 Å². The molecule has 0 atom stereocenters. The van der Waals surface area contributed by atoms with Gasteiger partial charge in [0.15, 0.2) is 5.17 Å². The Balaban J connectivity index is 1.65. The van der Waals surface area contributed by atoms with E-state index in [1.54, 1.807) is 0 Å². The summed E-state index contributed by atoms with van der Waals surface area (Å²) in [6, 6.07) is 10.5. The van der Waals surface area contributed by atoms with Crippen LogP contribution in [0.3, 0.4) is 0 Å². The number of benzene rings is 1. The van der Waals surface area contributed by atoms with Gasteiger partial charge in [0.2, 0.25) is 0 Å². The highest BCUT2D eigenvalue weighted by atomic mass is 32.2. The van der Waals surface area contributed by atoms with Crippen LogP contribution < -0.4 is 10.2 Å². The number of hydrogen-bond donors (Lipinski definition) is 1. The van der Waals surface area contributed by atoms with E-state index in [0.29, 0.717) is 0 Å². The summed E-state index contributed by atoms with van der Waals surface area (Å²) in [4.78, 5) is 6.65. The molecule has 0 saturated heterocycles. The van der Waals surface area contributed by atoms with Crippen LogP contribution in [-0.2, 0) is 0 Å². The molecule has 2 rings (SSSR count). The van der Waals surface area contributed by atoms with Gasteiger partial charge in [0, 0.05) is 31.6 Å². The molecule has 0 aliphatic carbocycles. The summed E-state index contributed by atoms with van der Waals surface area (Å²) >= 11 is 1.82. The maximum absolute atomic E-state index is 4.37. The van der Waals surface area contributed by atoms with E-state index in [4.69, 9.17) is 0 Å². The number of amidine groups is 1. The van der Waals surface area contributed by atoms with Gasteiger partial charge in [-0.15, -0.1) is 0 Å². The van der Waals surface area contributed by atoms with E-state index in [-0.39, 0.29) is 0 Å². The molecule has 1 aromatic carbocycles. The van der Waals surface area contributed by atoms with Crippen molar-refractivity contribution < 1.29 is 0 Å². The molecule has 0 unspecified atom stereocenters. The van der Waals surface area contributed by atoms with E-state index in [1.807, 2.05) is 17.8 Å². The Morgan fingerprint density at radius 2 is 2.18 bits per heavy atom. The molecule has 0 aromatic heterocycles. The van der Waals surface area contributed by atoms with Crippen LogP contribution in [0.1, 0.15) is 6.42 Å². The standard InChI is InChI=1S/C13H19N3S/c1-16(12-6-3-2-4-7-12)10-5-8-14-13-15-9-11-17-13/h2-4,6-7H,5,8-11H2,1H3,(H,14,15). The lowest BCUT2D eigenvalue weighted by Gasteiger charge is -2.19. The molecule has 0 bridgehead atoms. The van der Waals surface area contributed by atoms with Crippen molar-refractivity contribution in [2.24, 2.45) is 4.99 Å². The summed E-state index contributed by atoms with van der Waals surface area (Å²) < 4.78 is 0. The molecule has 0 fully saturated rings. The number of para-hydroxylation sites is 1. The Kier molecular flexibility index (Phi) is 4.74. The lowest BCUT2D eigenvalue weighted by molar-refractivity contribution is 0.755. The zero-order valence-electron chi connectivity index (χ0n) is 10.2. The third-order valence-electron chi connectivity index (χ3n) is 2.73. The number of nitrogens with one attached hydrogen (secondary N) is 1. The highest BCUT2D eigenvalue weighted by molar-refractivity contribution is 8.14. The van der Waals surface area contributed by atoms with E-state index in [0.717, 1.165) is 37.0 Å². The molecule has 1 aliphatic heterocycles. The summed E-state index contributed by atoms with van der Waals surface area (Å²) in [6.07, 6.45) is 1.13. The summed E-state index contributed by atoms with van der Waals surface area (Å²) in [5.74, 6) is 1.13. The molecule has 3 nitrogen and oxygen atoms in total. The van der Waals surface area contributed by atoms with Crippen LogP contribution in [0.15, 0.2) is 35.3 Å². The van der Waals surface area contributed by atoms with Crippen molar-refractivity contribution in [1.29, 1.82) is 0 Å². The molecule has 17 heavy (non-hydrogen) atoms. The van der Waals surface area contributed by atoms with Crippen molar-refractivity contribution in [2.75, 3.05) is 37.3 Å². The molecule has 0 radical (unpaired) electrons. The Labute approximate surface area is 107 Å². The fourth-order valence-corrected chi connectivity index (χ4v) is 2.53. The average molecular weight is 249 g/mol. The van der Waals surface area contributed by atoms with Gasteiger partial charge in [-0.05, 0) is 18.6 Å². The summed E-state index contributed by atoms with van der Waals surface area (Å²) in [5, 5.41) is 4.49. The molecular weight excluding hydrogens is 230 g/mol. The van der Waals surface area contributed by atoms with Crippen molar-refractivity contribution >= 4 is 22.6 Å². The Bertz CT molecular complexity index is 364. The zero-order valence-corrected chi connectivity index (χ0v) is 11.0. The van der Waals surface area contributed by atoms with Gasteiger partial charge < -0.3 is 10.2 Å². The fraction of sp³-hybridized carbons (Fsp3) is 0.462. The summed E-state index contributed by atoms with van der Waals surface area (Å²) in [7, 11) is 2.14. The lowest BCUT2D eigenvalue weighted by atomic mass is 10.3. The minimum atomic E-state index is 0.969. The van der Waals surface area contributed by atoms with E-state index in [1.165, 1.54) is 5.69 Å². The predicted molar refractivity (Wildman–Crippen MR) is 77.1 cm³/mol. The Morgan fingerprint density at radius 1 is 1.35 bits per heavy atom. The summed E-state index contributed by atoms with van der Waals surface area (Å²) in [5.41, 5.74) is 1.28. The van der Waals surface area contributed by atoms with Crippen molar-refractivity contribution in [2.45, 2.75) is 6.42 Å². The number of anilines is 1. The third kappa shape index (κ3) is 3.97. The molecule has 1 aromatic rings. The van der Waals surface area contributed by atoms with E-state index in [2.05, 4.69) is 46.5 Å². The Hall–Kier alpha value is -1.16. The first-order valence-corrected chi connectivity index (χ1v) is 7.02. The average Bonchev–Trinajstić information content (AvgIpc) is 2.88. The van der Waals surface area contributed by atoms with Gasteiger partial charge in [-0.2, -0.15) is 0 Å². The summed E-state index contributed by atoms with van der Waals surface area (Å²) in [6.45, 7) is 3.04. The monoisotopic (exact) mass is 249 g/mol. The minimum Gasteiger partial charge on any atom is -0.375 e.